The van der Waals surface area contributed by atoms with Crippen LogP contribution >= 0.6 is 39.0 Å². The standard InChI is InChI=1S/C10H13BrO2S2/c1-13-4-2-5-14-7-9(12)10-8(11)3-6-15-10/h3,6H,2,4-5,7H2,1H3. The number of carbonyl (C=O) groups is 1. The first-order chi connectivity index (χ1) is 7.25. The van der Waals surface area contributed by atoms with E-state index in [0.29, 0.717) is 5.75 Å². The number of hydrogen-bond acceptors (Lipinski definition) is 4. The fourth-order valence-corrected chi connectivity index (χ4v) is 3.45. The van der Waals surface area contributed by atoms with Gasteiger partial charge < -0.3 is 4.74 Å². The van der Waals surface area contributed by atoms with E-state index in [-0.39, 0.29) is 5.78 Å². The third kappa shape index (κ3) is 4.68. The van der Waals surface area contributed by atoms with Crippen LogP contribution < -0.4 is 0 Å². The van der Waals surface area contributed by atoms with Gasteiger partial charge in [0.05, 0.1) is 10.6 Å². The van der Waals surface area contributed by atoms with Crippen molar-refractivity contribution in [3.63, 3.8) is 0 Å². The zero-order valence-corrected chi connectivity index (χ0v) is 11.7. The Kier molecular flexibility index (Phi) is 6.56. The zero-order valence-electron chi connectivity index (χ0n) is 8.49. The molecule has 5 heteroatoms. The van der Waals surface area contributed by atoms with Crippen molar-refractivity contribution >= 4 is 44.8 Å². The highest BCUT2D eigenvalue weighted by molar-refractivity contribution is 9.10. The second-order valence-electron chi connectivity index (χ2n) is 2.92. The van der Waals surface area contributed by atoms with Crippen LogP contribution in [0.25, 0.3) is 0 Å². The minimum atomic E-state index is 0.208. The topological polar surface area (TPSA) is 26.3 Å². The molecule has 0 aliphatic carbocycles. The van der Waals surface area contributed by atoms with Gasteiger partial charge in [-0.05, 0) is 39.6 Å². The Hall–Kier alpha value is 0.160. The van der Waals surface area contributed by atoms with E-state index in [9.17, 15) is 4.79 Å². The van der Waals surface area contributed by atoms with Gasteiger partial charge in [0.25, 0.3) is 0 Å². The first-order valence-corrected chi connectivity index (χ1v) is 7.41. The molecule has 0 saturated heterocycles. The largest absolute Gasteiger partial charge is 0.385 e. The molecule has 0 saturated carbocycles. The highest BCUT2D eigenvalue weighted by atomic mass is 79.9. The van der Waals surface area contributed by atoms with Gasteiger partial charge in [0.2, 0.25) is 0 Å². The van der Waals surface area contributed by atoms with Crippen LogP contribution in [0, 0.1) is 0 Å². The minimum absolute atomic E-state index is 0.208. The minimum Gasteiger partial charge on any atom is -0.385 e. The summed E-state index contributed by atoms with van der Waals surface area (Å²) in [6, 6.07) is 1.91. The summed E-state index contributed by atoms with van der Waals surface area (Å²) in [5, 5.41) is 1.92. The van der Waals surface area contributed by atoms with E-state index in [1.165, 1.54) is 11.3 Å². The predicted octanol–water partition coefficient (Wildman–Crippen LogP) is 3.46. The van der Waals surface area contributed by atoms with Crippen molar-refractivity contribution in [3.8, 4) is 0 Å². The third-order valence-corrected chi connectivity index (χ3v) is 4.66. The molecule has 0 radical (unpaired) electrons. The van der Waals surface area contributed by atoms with Crippen LogP contribution in [0.1, 0.15) is 16.1 Å². The SMILES string of the molecule is COCCCSCC(=O)c1sccc1Br. The molecule has 1 rings (SSSR count). The van der Waals surface area contributed by atoms with Gasteiger partial charge >= 0.3 is 0 Å². The molecule has 84 valence electrons. The van der Waals surface area contributed by atoms with Crippen molar-refractivity contribution in [1.29, 1.82) is 0 Å². The van der Waals surface area contributed by atoms with Crippen LogP contribution in [0.2, 0.25) is 0 Å². The predicted molar refractivity (Wildman–Crippen MR) is 70.2 cm³/mol. The second-order valence-corrected chi connectivity index (χ2v) is 5.80. The van der Waals surface area contributed by atoms with Crippen LogP contribution in [0.15, 0.2) is 15.9 Å². The maximum Gasteiger partial charge on any atom is 0.183 e. The van der Waals surface area contributed by atoms with Gasteiger partial charge in [-0.25, -0.2) is 0 Å². The lowest BCUT2D eigenvalue weighted by molar-refractivity contribution is 0.102. The molecule has 0 spiro atoms. The summed E-state index contributed by atoms with van der Waals surface area (Å²) in [6.07, 6.45) is 1.00. The fraction of sp³-hybridized carbons (Fsp3) is 0.500. The first-order valence-electron chi connectivity index (χ1n) is 4.58. The molecule has 0 N–H and O–H groups in total. The molecule has 1 heterocycles. The van der Waals surface area contributed by atoms with Gasteiger partial charge in [-0.3, -0.25) is 4.79 Å². The van der Waals surface area contributed by atoms with Gasteiger partial charge in [-0.2, -0.15) is 11.8 Å². The van der Waals surface area contributed by atoms with Crippen molar-refractivity contribution < 1.29 is 9.53 Å². The van der Waals surface area contributed by atoms with Gasteiger partial charge in [0, 0.05) is 18.2 Å². The summed E-state index contributed by atoms with van der Waals surface area (Å²) >= 11 is 6.52. The van der Waals surface area contributed by atoms with Crippen LogP contribution in [-0.2, 0) is 4.74 Å². The number of thiophene rings is 1. The zero-order chi connectivity index (χ0) is 11.1. The molecule has 2 nitrogen and oxygen atoms in total. The molecule has 0 atom stereocenters. The molecule has 1 aromatic rings. The van der Waals surface area contributed by atoms with Gasteiger partial charge in [-0.15, -0.1) is 11.3 Å². The van der Waals surface area contributed by atoms with Gasteiger partial charge in [0.1, 0.15) is 0 Å². The lowest BCUT2D eigenvalue weighted by atomic mass is 10.3. The number of Topliss-reactive ketones (excluding diaryl/α,β-unsaturated/α-hetero) is 1. The lowest BCUT2D eigenvalue weighted by Crippen LogP contribution is -2.02. The van der Waals surface area contributed by atoms with E-state index in [1.54, 1.807) is 18.9 Å². The van der Waals surface area contributed by atoms with Crippen molar-refractivity contribution in [2.45, 2.75) is 6.42 Å². The van der Waals surface area contributed by atoms with E-state index >= 15 is 0 Å². The molecule has 0 bridgehead atoms. The Morgan fingerprint density at radius 1 is 1.67 bits per heavy atom. The maximum atomic E-state index is 11.7. The molecule has 0 aliphatic heterocycles. The van der Waals surface area contributed by atoms with Crippen LogP contribution in [0.3, 0.4) is 0 Å². The van der Waals surface area contributed by atoms with Gasteiger partial charge in [0.15, 0.2) is 5.78 Å². The maximum absolute atomic E-state index is 11.7. The molecule has 15 heavy (non-hydrogen) atoms. The Morgan fingerprint density at radius 2 is 2.47 bits per heavy atom. The highest BCUT2D eigenvalue weighted by Crippen LogP contribution is 2.24. The van der Waals surface area contributed by atoms with Crippen LogP contribution in [0.4, 0.5) is 0 Å². The summed E-state index contributed by atoms with van der Waals surface area (Å²) in [7, 11) is 1.69. The van der Waals surface area contributed by atoms with Crippen molar-refractivity contribution in [1.82, 2.24) is 0 Å². The van der Waals surface area contributed by atoms with E-state index < -0.39 is 0 Å². The number of hydrogen-bond donors (Lipinski definition) is 0. The molecular formula is C10H13BrO2S2. The quantitative estimate of drug-likeness (QED) is 0.570. The number of ether oxygens (including phenoxy) is 1. The Bertz CT molecular complexity index is 312. The van der Waals surface area contributed by atoms with E-state index in [4.69, 9.17) is 4.74 Å². The summed E-state index contributed by atoms with van der Waals surface area (Å²) in [5.74, 6) is 1.74. The molecule has 1 aromatic heterocycles. The first kappa shape index (κ1) is 13.2. The number of carbonyl (C=O) groups excluding carboxylic acids is 1. The number of methoxy groups -OCH3 is 1. The molecular weight excluding hydrogens is 296 g/mol. The number of thioether (sulfide) groups is 1. The third-order valence-electron chi connectivity index (χ3n) is 1.74. The van der Waals surface area contributed by atoms with Gasteiger partial charge in [-0.1, -0.05) is 0 Å². The summed E-state index contributed by atoms with van der Waals surface area (Å²) in [5.41, 5.74) is 0. The van der Waals surface area contributed by atoms with Crippen molar-refractivity contribution in [2.75, 3.05) is 25.2 Å². The molecule has 0 aliphatic rings. The fourth-order valence-electron chi connectivity index (χ4n) is 1.03. The summed E-state index contributed by atoms with van der Waals surface area (Å²) in [4.78, 5) is 12.5. The average Bonchev–Trinajstić information content (AvgIpc) is 2.64. The average molecular weight is 309 g/mol. The monoisotopic (exact) mass is 308 g/mol. The smallest absolute Gasteiger partial charge is 0.183 e. The molecule has 0 unspecified atom stereocenters. The molecule has 0 aromatic carbocycles. The highest BCUT2D eigenvalue weighted by Gasteiger charge is 2.10. The van der Waals surface area contributed by atoms with E-state index in [2.05, 4.69) is 15.9 Å². The molecule has 0 fully saturated rings. The Labute approximate surface area is 107 Å². The second kappa shape index (κ2) is 7.44. The lowest BCUT2D eigenvalue weighted by Gasteiger charge is -2.00. The summed E-state index contributed by atoms with van der Waals surface area (Å²) < 4.78 is 5.85. The van der Waals surface area contributed by atoms with Crippen LogP contribution in [0.5, 0.6) is 0 Å². The Balaban J connectivity index is 2.22. The summed E-state index contributed by atoms with van der Waals surface area (Å²) in [6.45, 7) is 0.768. The molecule has 0 amide bonds. The number of ketones is 1. The van der Waals surface area contributed by atoms with E-state index in [1.807, 2.05) is 11.4 Å². The number of halogens is 1. The van der Waals surface area contributed by atoms with Crippen LogP contribution in [-0.4, -0.2) is 31.0 Å². The number of rotatable bonds is 7. The van der Waals surface area contributed by atoms with Crippen molar-refractivity contribution in [2.24, 2.45) is 0 Å². The Morgan fingerprint density at radius 3 is 3.07 bits per heavy atom. The van der Waals surface area contributed by atoms with Crippen molar-refractivity contribution in [3.05, 3.63) is 20.8 Å². The normalized spacial score (nSPS) is 10.5. The van der Waals surface area contributed by atoms with E-state index in [0.717, 1.165) is 28.1 Å².